The average molecular weight is 608 g/mol. The molecular weight excluding hydrogens is 566 g/mol. The van der Waals surface area contributed by atoms with Crippen molar-refractivity contribution >= 4 is 11.9 Å². The van der Waals surface area contributed by atoms with Gasteiger partial charge in [0, 0.05) is 30.6 Å². The van der Waals surface area contributed by atoms with Gasteiger partial charge in [-0.25, -0.2) is 14.8 Å². The van der Waals surface area contributed by atoms with Gasteiger partial charge in [-0.3, -0.25) is 4.79 Å². The van der Waals surface area contributed by atoms with Crippen molar-refractivity contribution in [3.63, 3.8) is 0 Å². The number of methoxy groups -OCH3 is 1. The zero-order valence-electron chi connectivity index (χ0n) is 26.4. The highest BCUT2D eigenvalue weighted by atomic mass is 16.5. The molecule has 44 heavy (non-hydrogen) atoms. The molecule has 12 heteroatoms. The van der Waals surface area contributed by atoms with Crippen LogP contribution in [-0.4, -0.2) is 45.3 Å². The molecule has 4 aromatic heterocycles. The molecule has 236 valence electrons. The Morgan fingerprint density at radius 1 is 0.795 bits per heavy atom. The lowest BCUT2D eigenvalue weighted by Crippen LogP contribution is -2.30. The predicted octanol–water partition coefficient (Wildman–Crippen LogP) is 5.74. The van der Waals surface area contributed by atoms with Gasteiger partial charge in [0.25, 0.3) is 5.91 Å². The molecule has 0 radical (unpaired) electrons. The summed E-state index contributed by atoms with van der Waals surface area (Å²) in [4.78, 5) is 31.4. The van der Waals surface area contributed by atoms with E-state index in [9.17, 15) is 9.59 Å². The van der Waals surface area contributed by atoms with E-state index in [0.717, 1.165) is 59.7 Å². The van der Waals surface area contributed by atoms with Crippen molar-refractivity contribution in [2.75, 3.05) is 7.11 Å². The van der Waals surface area contributed by atoms with Crippen molar-refractivity contribution in [3.05, 3.63) is 81.8 Å². The zero-order valence-corrected chi connectivity index (χ0v) is 26.4. The lowest BCUT2D eigenvalue weighted by Gasteiger charge is -2.09. The Balaban J connectivity index is 0.000000241. The van der Waals surface area contributed by atoms with E-state index >= 15 is 0 Å². The summed E-state index contributed by atoms with van der Waals surface area (Å²) in [5.41, 5.74) is 4.67. The molecule has 1 N–H and O–H groups in total. The predicted molar refractivity (Wildman–Crippen MR) is 162 cm³/mol. The van der Waals surface area contributed by atoms with Gasteiger partial charge in [-0.2, -0.15) is 0 Å². The van der Waals surface area contributed by atoms with Crippen LogP contribution in [0.2, 0.25) is 0 Å². The van der Waals surface area contributed by atoms with Gasteiger partial charge in [0.2, 0.25) is 11.8 Å². The Bertz CT molecular complexity index is 1480. The number of ether oxygens (including phenoxy) is 3. The van der Waals surface area contributed by atoms with Crippen LogP contribution in [-0.2, 0) is 30.8 Å². The zero-order chi connectivity index (χ0) is 32.1. The van der Waals surface area contributed by atoms with Gasteiger partial charge in [-0.05, 0) is 52.7 Å². The lowest BCUT2D eigenvalue weighted by molar-refractivity contribution is 0.0600. The maximum absolute atomic E-state index is 11.9. The van der Waals surface area contributed by atoms with E-state index in [1.165, 1.54) is 19.5 Å². The molecule has 0 saturated heterocycles. The second-order valence-electron chi connectivity index (χ2n) is 10.3. The first kappa shape index (κ1) is 33.8. The van der Waals surface area contributed by atoms with E-state index in [4.69, 9.17) is 18.5 Å². The van der Waals surface area contributed by atoms with E-state index in [1.807, 2.05) is 27.7 Å². The molecule has 0 spiro atoms. The number of amides is 1. The largest absolute Gasteiger partial charge is 0.473 e. The number of nitrogens with one attached hydrogen (secondary N) is 1. The van der Waals surface area contributed by atoms with Crippen LogP contribution in [0.1, 0.15) is 95.3 Å². The van der Waals surface area contributed by atoms with Crippen molar-refractivity contribution in [2.45, 2.75) is 86.5 Å². The Morgan fingerprint density at radius 3 is 1.66 bits per heavy atom. The summed E-state index contributed by atoms with van der Waals surface area (Å²) in [6, 6.07) is 6.73. The molecule has 0 fully saturated rings. The van der Waals surface area contributed by atoms with Crippen LogP contribution in [0.4, 0.5) is 0 Å². The number of carbonyl (C=O) groups excluding carboxylic acids is 2. The van der Waals surface area contributed by atoms with Crippen LogP contribution in [0.25, 0.3) is 0 Å². The van der Waals surface area contributed by atoms with Crippen LogP contribution in [0.5, 0.6) is 11.8 Å². The lowest BCUT2D eigenvalue weighted by atomic mass is 10.1. The Morgan fingerprint density at radius 2 is 1.27 bits per heavy atom. The number of hydrogen-bond donors (Lipinski definition) is 1. The van der Waals surface area contributed by atoms with E-state index < -0.39 is 5.97 Å². The monoisotopic (exact) mass is 607 g/mol. The van der Waals surface area contributed by atoms with Crippen molar-refractivity contribution in [1.29, 1.82) is 0 Å². The second kappa shape index (κ2) is 16.8. The first-order valence-electron chi connectivity index (χ1n) is 14.6. The standard InChI is InChI=1S/C17H23N3O3.C15H18N2O4/c1-5-6-15-14(12(4)23-20-15)10-22-16-8-7-13(9-18-16)17(21)19-11(2)3;1-4-5-13-12(10(2)21-17-13)9-20-14-7-6-11(8-16-14)15(18)19-3/h7-9,11H,5-6,10H2,1-4H3,(H,19,21);6-8H,4-5,9H2,1-3H3. The minimum absolute atomic E-state index is 0.0898. The molecule has 0 aliphatic carbocycles. The van der Waals surface area contributed by atoms with Gasteiger partial charge < -0.3 is 28.6 Å². The maximum atomic E-state index is 11.9. The summed E-state index contributed by atoms with van der Waals surface area (Å²) in [6.07, 6.45) is 6.64. The number of aryl methyl sites for hydroxylation is 4. The summed E-state index contributed by atoms with van der Waals surface area (Å²) >= 11 is 0. The van der Waals surface area contributed by atoms with E-state index in [1.54, 1.807) is 24.3 Å². The number of pyridine rings is 2. The molecule has 0 aliphatic rings. The first-order chi connectivity index (χ1) is 21.2. The summed E-state index contributed by atoms with van der Waals surface area (Å²) < 4.78 is 26.3. The van der Waals surface area contributed by atoms with Crippen LogP contribution >= 0.6 is 0 Å². The fraction of sp³-hybridized carbons (Fsp3) is 0.438. The Hall–Kier alpha value is -4.74. The molecule has 0 aromatic carbocycles. The quantitative estimate of drug-likeness (QED) is 0.185. The summed E-state index contributed by atoms with van der Waals surface area (Å²) in [6.45, 7) is 12.4. The van der Waals surface area contributed by atoms with Gasteiger partial charge in [0.1, 0.15) is 24.7 Å². The Kier molecular flexibility index (Phi) is 12.9. The molecule has 4 heterocycles. The van der Waals surface area contributed by atoms with E-state index in [-0.39, 0.29) is 11.9 Å². The fourth-order valence-electron chi connectivity index (χ4n) is 4.05. The number of hydrogen-bond acceptors (Lipinski definition) is 11. The summed E-state index contributed by atoms with van der Waals surface area (Å²) in [5.74, 6) is 1.86. The highest BCUT2D eigenvalue weighted by Gasteiger charge is 2.15. The number of aromatic nitrogens is 4. The van der Waals surface area contributed by atoms with Crippen molar-refractivity contribution in [3.8, 4) is 11.8 Å². The number of nitrogens with zero attached hydrogens (tertiary/aromatic N) is 4. The van der Waals surface area contributed by atoms with Gasteiger partial charge >= 0.3 is 5.97 Å². The maximum Gasteiger partial charge on any atom is 0.339 e. The highest BCUT2D eigenvalue weighted by molar-refractivity contribution is 5.94. The summed E-state index contributed by atoms with van der Waals surface area (Å²) in [7, 11) is 1.33. The molecule has 0 bridgehead atoms. The number of rotatable bonds is 13. The Labute approximate surface area is 257 Å². The molecule has 4 aromatic rings. The second-order valence-corrected chi connectivity index (χ2v) is 10.3. The van der Waals surface area contributed by atoms with Crippen molar-refractivity contribution < 1.29 is 32.8 Å². The molecule has 1 amide bonds. The normalized spacial score (nSPS) is 10.6. The molecule has 0 saturated carbocycles. The van der Waals surface area contributed by atoms with Gasteiger partial charge in [0.05, 0.1) is 40.8 Å². The molecule has 0 atom stereocenters. The topological polar surface area (TPSA) is 152 Å². The third-order valence-electron chi connectivity index (χ3n) is 6.41. The minimum Gasteiger partial charge on any atom is -0.473 e. The number of esters is 1. The van der Waals surface area contributed by atoms with Crippen LogP contribution in [0.3, 0.4) is 0 Å². The van der Waals surface area contributed by atoms with Gasteiger partial charge in [-0.15, -0.1) is 0 Å². The highest BCUT2D eigenvalue weighted by Crippen LogP contribution is 2.19. The van der Waals surface area contributed by atoms with Gasteiger partial charge in [-0.1, -0.05) is 37.0 Å². The van der Waals surface area contributed by atoms with E-state index in [0.29, 0.717) is 36.1 Å². The number of carbonyl (C=O) groups is 2. The fourth-order valence-corrected chi connectivity index (χ4v) is 4.05. The minimum atomic E-state index is -0.422. The van der Waals surface area contributed by atoms with Crippen molar-refractivity contribution in [2.24, 2.45) is 0 Å². The molecule has 4 rings (SSSR count). The summed E-state index contributed by atoms with van der Waals surface area (Å²) in [5, 5.41) is 10.9. The average Bonchev–Trinajstić information content (AvgIpc) is 3.55. The SMILES string of the molecule is CCCc1noc(C)c1COc1ccc(C(=O)NC(C)C)cn1.CCCc1noc(C)c1COc1ccc(C(=O)OC)cn1. The molecule has 12 nitrogen and oxygen atoms in total. The van der Waals surface area contributed by atoms with E-state index in [2.05, 4.69) is 44.2 Å². The molecule has 0 unspecified atom stereocenters. The third-order valence-corrected chi connectivity index (χ3v) is 6.41. The van der Waals surface area contributed by atoms with Crippen LogP contribution < -0.4 is 14.8 Å². The van der Waals surface area contributed by atoms with Crippen molar-refractivity contribution in [1.82, 2.24) is 25.6 Å². The van der Waals surface area contributed by atoms with Crippen LogP contribution in [0.15, 0.2) is 45.7 Å². The molecule has 0 aliphatic heterocycles. The smallest absolute Gasteiger partial charge is 0.339 e. The molecular formula is C32H41N5O7. The first-order valence-corrected chi connectivity index (χ1v) is 14.6. The van der Waals surface area contributed by atoms with Gasteiger partial charge in [0.15, 0.2) is 0 Å². The third kappa shape index (κ3) is 9.65. The van der Waals surface area contributed by atoms with Crippen LogP contribution in [0, 0.1) is 13.8 Å².